The highest BCUT2D eigenvalue weighted by Gasteiger charge is 2.25. The average molecular weight is 407 g/mol. The molecule has 160 valence electrons. The predicted molar refractivity (Wildman–Crippen MR) is 108 cm³/mol. The summed E-state index contributed by atoms with van der Waals surface area (Å²) in [5, 5.41) is 0. The molecule has 0 spiro atoms. The van der Waals surface area contributed by atoms with Gasteiger partial charge in [-0.3, -0.25) is 25.2 Å². The summed E-state index contributed by atoms with van der Waals surface area (Å²) in [6.07, 6.45) is 0.772. The van der Waals surface area contributed by atoms with Crippen LogP contribution >= 0.6 is 0 Å². The largest absolute Gasteiger partial charge is 0.494 e. The molecule has 1 fully saturated rings. The van der Waals surface area contributed by atoms with E-state index in [0.29, 0.717) is 30.9 Å². The van der Waals surface area contributed by atoms with Crippen LogP contribution in [0.4, 0.5) is 0 Å². The van der Waals surface area contributed by atoms with Crippen molar-refractivity contribution in [1.29, 1.82) is 0 Å². The van der Waals surface area contributed by atoms with Crippen molar-refractivity contribution in [2.24, 2.45) is 0 Å². The molecule has 0 radical (unpaired) electrons. The molecule has 1 aliphatic rings. The van der Waals surface area contributed by atoms with E-state index in [9.17, 15) is 14.4 Å². The number of ether oxygens (including phenoxy) is 2. The van der Waals surface area contributed by atoms with Crippen LogP contribution in [-0.2, 0) is 14.3 Å². The van der Waals surface area contributed by atoms with Gasteiger partial charge < -0.3 is 14.4 Å². The quantitative estimate of drug-likeness (QED) is 0.404. The minimum absolute atomic E-state index is 0.00999. The highest BCUT2D eigenvalue weighted by atomic mass is 16.5. The van der Waals surface area contributed by atoms with Crippen molar-refractivity contribution >= 4 is 17.6 Å². The summed E-state index contributed by atoms with van der Waals surface area (Å²) in [6.45, 7) is 8.95. The van der Waals surface area contributed by atoms with Crippen LogP contribution in [0.3, 0.4) is 0 Å². The number of quaternary nitrogens is 1. The maximum atomic E-state index is 12.2. The van der Waals surface area contributed by atoms with Gasteiger partial charge in [0.2, 0.25) is 11.8 Å². The van der Waals surface area contributed by atoms with Gasteiger partial charge in [-0.05, 0) is 45.0 Å². The smallest absolute Gasteiger partial charge is 0.244 e. The normalized spacial score (nSPS) is 21.3. The van der Waals surface area contributed by atoms with Crippen LogP contribution < -0.4 is 20.5 Å². The summed E-state index contributed by atoms with van der Waals surface area (Å²) >= 11 is 0. The Bertz CT molecular complexity index is 682. The fraction of sp³-hybridized carbons (Fsp3) is 0.571. The zero-order chi connectivity index (χ0) is 21.2. The van der Waals surface area contributed by atoms with Crippen molar-refractivity contribution < 1.29 is 28.8 Å². The minimum atomic E-state index is -0.390. The van der Waals surface area contributed by atoms with E-state index in [1.165, 1.54) is 4.90 Å². The maximum absolute atomic E-state index is 12.2. The number of nitrogens with one attached hydrogen (secondary N) is 3. The van der Waals surface area contributed by atoms with Crippen LogP contribution in [-0.4, -0.2) is 56.0 Å². The first-order valence-corrected chi connectivity index (χ1v) is 10.2. The second kappa shape index (κ2) is 11.5. The van der Waals surface area contributed by atoms with Crippen molar-refractivity contribution in [3.8, 4) is 5.75 Å². The molecule has 3 N–H and O–H groups in total. The van der Waals surface area contributed by atoms with Crippen LogP contribution in [0.15, 0.2) is 24.3 Å². The van der Waals surface area contributed by atoms with E-state index in [4.69, 9.17) is 9.47 Å². The zero-order valence-corrected chi connectivity index (χ0v) is 17.5. The van der Waals surface area contributed by atoms with Gasteiger partial charge in [-0.15, -0.1) is 0 Å². The van der Waals surface area contributed by atoms with Crippen LogP contribution in [0.1, 0.15) is 50.4 Å². The van der Waals surface area contributed by atoms with E-state index in [1.807, 2.05) is 20.8 Å². The lowest BCUT2D eigenvalue weighted by atomic mass is 10.1. The summed E-state index contributed by atoms with van der Waals surface area (Å²) < 4.78 is 11.0. The number of hydrogen-bond acceptors (Lipinski definition) is 5. The number of benzene rings is 1. The Morgan fingerprint density at radius 1 is 1.00 bits per heavy atom. The first-order valence-electron chi connectivity index (χ1n) is 10.2. The Balaban J connectivity index is 1.63. The van der Waals surface area contributed by atoms with E-state index < -0.39 is 5.91 Å². The molecular formula is C21H32N3O5+. The molecule has 2 rings (SSSR count). The first kappa shape index (κ1) is 22.8. The molecule has 29 heavy (non-hydrogen) atoms. The summed E-state index contributed by atoms with van der Waals surface area (Å²) in [4.78, 5) is 37.3. The third kappa shape index (κ3) is 8.21. The number of morpholine rings is 1. The third-order valence-corrected chi connectivity index (χ3v) is 4.73. The molecule has 0 bridgehead atoms. The van der Waals surface area contributed by atoms with Gasteiger partial charge in [0.15, 0.2) is 5.78 Å². The predicted octanol–water partition coefficient (Wildman–Crippen LogP) is 0.278. The fourth-order valence-corrected chi connectivity index (χ4v) is 3.42. The Labute approximate surface area is 171 Å². The Morgan fingerprint density at radius 3 is 2.17 bits per heavy atom. The molecule has 1 heterocycles. The molecule has 0 aliphatic carbocycles. The van der Waals surface area contributed by atoms with E-state index in [-0.39, 0.29) is 36.7 Å². The number of Topliss-reactive ketones (excluding diaryl/α,β-unsaturated/α-hetero) is 1. The topological polar surface area (TPSA) is 98.2 Å². The Kier molecular flexibility index (Phi) is 9.08. The molecule has 2 atom stereocenters. The lowest BCUT2D eigenvalue weighted by molar-refractivity contribution is -0.914. The van der Waals surface area contributed by atoms with Gasteiger partial charge >= 0.3 is 0 Å². The maximum Gasteiger partial charge on any atom is 0.244 e. The Morgan fingerprint density at radius 2 is 1.59 bits per heavy atom. The molecule has 8 nitrogen and oxygen atoms in total. The van der Waals surface area contributed by atoms with E-state index in [2.05, 4.69) is 10.9 Å². The molecular weight excluding hydrogens is 374 g/mol. The van der Waals surface area contributed by atoms with Gasteiger partial charge in [0.1, 0.15) is 31.0 Å². The number of carbonyl (C=O) groups excluding carboxylic acids is 3. The summed E-state index contributed by atoms with van der Waals surface area (Å²) in [5.41, 5.74) is 5.32. The standard InChI is InChI=1S/C21H31N3O5/c1-4-28-18-7-5-17(6-8-18)19(25)9-10-20(26)22-23-21(27)11-12-24-13-15(2)29-16(3)14-24/h5-8,15-16H,4,9-14H2,1-3H3,(H,22,26)(H,23,27)/p+1/t15-,16-/m1/s1. The van der Waals surface area contributed by atoms with Crippen molar-refractivity contribution in [2.75, 3.05) is 26.2 Å². The number of rotatable bonds is 9. The van der Waals surface area contributed by atoms with Crippen LogP contribution in [0.5, 0.6) is 5.75 Å². The number of ketones is 1. The number of hydrazine groups is 1. The zero-order valence-electron chi connectivity index (χ0n) is 17.5. The van der Waals surface area contributed by atoms with Gasteiger partial charge in [-0.25, -0.2) is 0 Å². The fourth-order valence-electron chi connectivity index (χ4n) is 3.42. The minimum Gasteiger partial charge on any atom is -0.494 e. The number of hydrogen-bond donors (Lipinski definition) is 3. The van der Waals surface area contributed by atoms with E-state index in [1.54, 1.807) is 24.3 Å². The van der Waals surface area contributed by atoms with Gasteiger partial charge in [0, 0.05) is 18.4 Å². The van der Waals surface area contributed by atoms with Crippen LogP contribution in [0.25, 0.3) is 0 Å². The van der Waals surface area contributed by atoms with Crippen LogP contribution in [0.2, 0.25) is 0 Å². The highest BCUT2D eigenvalue weighted by molar-refractivity contribution is 5.98. The number of carbonyl (C=O) groups is 3. The summed E-state index contributed by atoms with van der Waals surface area (Å²) in [7, 11) is 0. The summed E-state index contributed by atoms with van der Waals surface area (Å²) in [5.74, 6) is -0.0601. The molecule has 8 heteroatoms. The third-order valence-electron chi connectivity index (χ3n) is 4.73. The van der Waals surface area contributed by atoms with E-state index in [0.717, 1.165) is 13.1 Å². The summed E-state index contributed by atoms with van der Waals surface area (Å²) in [6, 6.07) is 6.83. The number of amides is 2. The second-order valence-electron chi connectivity index (χ2n) is 7.39. The molecule has 0 aromatic heterocycles. The molecule has 0 saturated carbocycles. The van der Waals surface area contributed by atoms with Crippen molar-refractivity contribution in [3.05, 3.63) is 29.8 Å². The monoisotopic (exact) mass is 406 g/mol. The van der Waals surface area contributed by atoms with Crippen molar-refractivity contribution in [1.82, 2.24) is 10.9 Å². The molecule has 1 saturated heterocycles. The molecule has 1 aromatic rings. The van der Waals surface area contributed by atoms with Gasteiger partial charge in [-0.2, -0.15) is 0 Å². The molecule has 1 aromatic carbocycles. The Hall–Kier alpha value is -2.45. The average Bonchev–Trinajstić information content (AvgIpc) is 2.69. The van der Waals surface area contributed by atoms with Gasteiger partial charge in [0.05, 0.1) is 19.6 Å². The molecule has 0 unspecified atom stereocenters. The lowest BCUT2D eigenvalue weighted by Crippen LogP contribution is -3.15. The van der Waals surface area contributed by atoms with Crippen molar-refractivity contribution in [2.45, 2.75) is 52.2 Å². The molecule has 1 aliphatic heterocycles. The van der Waals surface area contributed by atoms with Crippen molar-refractivity contribution in [3.63, 3.8) is 0 Å². The SMILES string of the molecule is CCOc1ccc(C(=O)CCC(=O)NNC(=O)CC[NH+]2C[C@@H](C)O[C@H](C)C2)cc1. The van der Waals surface area contributed by atoms with Crippen LogP contribution in [0, 0.1) is 0 Å². The molecule has 2 amide bonds. The van der Waals surface area contributed by atoms with E-state index >= 15 is 0 Å². The highest BCUT2D eigenvalue weighted by Crippen LogP contribution is 2.14. The van der Waals surface area contributed by atoms with Gasteiger partial charge in [0.25, 0.3) is 0 Å². The lowest BCUT2D eigenvalue weighted by Gasteiger charge is -2.32. The first-order chi connectivity index (χ1) is 13.9. The van der Waals surface area contributed by atoms with Gasteiger partial charge in [-0.1, -0.05) is 0 Å². The second-order valence-corrected chi connectivity index (χ2v) is 7.39.